The molecule has 0 bridgehead atoms. The lowest BCUT2D eigenvalue weighted by Gasteiger charge is -2.27. The molecule has 17 heavy (non-hydrogen) atoms. The second-order valence-corrected chi connectivity index (χ2v) is 5.16. The van der Waals surface area contributed by atoms with Crippen LogP contribution in [0.2, 0.25) is 0 Å². The average Bonchev–Trinajstić information content (AvgIpc) is 2.82. The van der Waals surface area contributed by atoms with Crippen molar-refractivity contribution in [3.05, 3.63) is 30.1 Å². The lowest BCUT2D eigenvalue weighted by atomic mass is 10.2. The zero-order chi connectivity index (χ0) is 12.1. The normalized spacial score (nSPS) is 16.5. The second-order valence-electron chi connectivity index (χ2n) is 4.63. The zero-order valence-corrected chi connectivity index (χ0v) is 10.8. The number of hydrogen-bond donors (Lipinski definition) is 1. The lowest BCUT2D eigenvalue weighted by Crippen LogP contribution is -2.39. The molecule has 0 unspecified atom stereocenters. The molecule has 2 N–H and O–H groups in total. The van der Waals surface area contributed by atoms with E-state index in [-0.39, 0.29) is 0 Å². The molecule has 1 heterocycles. The topological polar surface area (TPSA) is 42.1 Å². The average molecular weight is 249 g/mol. The highest BCUT2D eigenvalue weighted by molar-refractivity contribution is 7.80. The largest absolute Gasteiger partial charge is 0.392 e. The summed E-state index contributed by atoms with van der Waals surface area (Å²) in [6.07, 6.45) is 7.00. The van der Waals surface area contributed by atoms with Gasteiger partial charge in [0.25, 0.3) is 0 Å². The number of nitrogens with zero attached hydrogens (tertiary/aromatic N) is 2. The summed E-state index contributed by atoms with van der Waals surface area (Å²) < 4.78 is 0. The van der Waals surface area contributed by atoms with Crippen molar-refractivity contribution in [2.24, 2.45) is 5.73 Å². The van der Waals surface area contributed by atoms with Gasteiger partial charge in [-0.1, -0.05) is 31.1 Å². The summed E-state index contributed by atoms with van der Waals surface area (Å²) in [7, 11) is 0. The molecule has 2 rings (SSSR count). The van der Waals surface area contributed by atoms with Gasteiger partial charge < -0.3 is 5.73 Å². The maximum atomic E-state index is 5.68. The van der Waals surface area contributed by atoms with Crippen LogP contribution in [0, 0.1) is 0 Å². The Morgan fingerprint density at radius 1 is 1.41 bits per heavy atom. The first-order valence-electron chi connectivity index (χ1n) is 6.18. The van der Waals surface area contributed by atoms with Crippen molar-refractivity contribution >= 4 is 17.2 Å². The number of aromatic nitrogens is 1. The molecule has 1 aromatic heterocycles. The van der Waals surface area contributed by atoms with Crippen LogP contribution in [-0.4, -0.2) is 27.5 Å². The fourth-order valence-corrected chi connectivity index (χ4v) is 2.65. The number of pyridine rings is 1. The van der Waals surface area contributed by atoms with Crippen molar-refractivity contribution < 1.29 is 0 Å². The van der Waals surface area contributed by atoms with Gasteiger partial charge in [-0.05, 0) is 25.0 Å². The van der Waals surface area contributed by atoms with Gasteiger partial charge in [0.2, 0.25) is 0 Å². The van der Waals surface area contributed by atoms with Crippen molar-refractivity contribution in [3.63, 3.8) is 0 Å². The van der Waals surface area contributed by atoms with Crippen LogP contribution in [0.3, 0.4) is 0 Å². The van der Waals surface area contributed by atoms with Crippen LogP contribution in [0.15, 0.2) is 24.4 Å². The van der Waals surface area contributed by atoms with E-state index in [0.717, 1.165) is 12.2 Å². The molecule has 1 aliphatic rings. The van der Waals surface area contributed by atoms with E-state index in [1.54, 1.807) is 0 Å². The van der Waals surface area contributed by atoms with Crippen LogP contribution in [0.4, 0.5) is 0 Å². The first-order valence-corrected chi connectivity index (χ1v) is 6.59. The highest BCUT2D eigenvalue weighted by atomic mass is 32.1. The number of nitrogens with two attached hydrogens (primary N) is 1. The molecule has 1 aliphatic carbocycles. The standard InChI is InChI=1S/C13H19N3S/c14-13(17)10-16(12-6-1-2-7-12)9-11-5-3-4-8-15-11/h3-5,8,12H,1-2,6-7,9-10H2,(H2,14,17). The van der Waals surface area contributed by atoms with Gasteiger partial charge in [-0.2, -0.15) is 0 Å². The van der Waals surface area contributed by atoms with Crippen molar-refractivity contribution in [2.45, 2.75) is 38.3 Å². The quantitative estimate of drug-likeness (QED) is 0.812. The first kappa shape index (κ1) is 12.5. The SMILES string of the molecule is NC(=S)CN(Cc1ccccn1)C1CCCC1. The van der Waals surface area contributed by atoms with Crippen molar-refractivity contribution in [2.75, 3.05) is 6.54 Å². The highest BCUT2D eigenvalue weighted by Gasteiger charge is 2.23. The van der Waals surface area contributed by atoms with E-state index in [0.29, 0.717) is 17.6 Å². The Hall–Kier alpha value is -1.00. The highest BCUT2D eigenvalue weighted by Crippen LogP contribution is 2.24. The molecule has 0 spiro atoms. The van der Waals surface area contributed by atoms with Crippen molar-refractivity contribution in [3.8, 4) is 0 Å². The summed E-state index contributed by atoms with van der Waals surface area (Å²) in [5.74, 6) is 0. The Morgan fingerprint density at radius 3 is 2.76 bits per heavy atom. The summed E-state index contributed by atoms with van der Waals surface area (Å²) in [4.78, 5) is 7.32. The van der Waals surface area contributed by atoms with Gasteiger partial charge in [0.05, 0.1) is 10.7 Å². The summed E-state index contributed by atoms with van der Waals surface area (Å²) in [6.45, 7) is 1.55. The monoisotopic (exact) mass is 249 g/mol. The predicted octanol–water partition coefficient (Wildman–Crippen LogP) is 2.11. The van der Waals surface area contributed by atoms with E-state index in [9.17, 15) is 0 Å². The van der Waals surface area contributed by atoms with Gasteiger partial charge in [-0.3, -0.25) is 9.88 Å². The van der Waals surface area contributed by atoms with E-state index in [2.05, 4.69) is 16.0 Å². The second kappa shape index (κ2) is 6.07. The zero-order valence-electron chi connectivity index (χ0n) is 10.0. The van der Waals surface area contributed by atoms with Gasteiger partial charge in [0.1, 0.15) is 0 Å². The van der Waals surface area contributed by atoms with Crippen LogP contribution in [-0.2, 0) is 6.54 Å². The smallest absolute Gasteiger partial charge is 0.0870 e. The van der Waals surface area contributed by atoms with E-state index in [1.165, 1.54) is 25.7 Å². The molecule has 0 radical (unpaired) electrons. The maximum absolute atomic E-state index is 5.68. The Labute approximate surface area is 108 Å². The summed E-state index contributed by atoms with van der Waals surface area (Å²) in [5.41, 5.74) is 6.78. The molecule has 1 saturated carbocycles. The van der Waals surface area contributed by atoms with E-state index >= 15 is 0 Å². The first-order chi connectivity index (χ1) is 8.25. The van der Waals surface area contributed by atoms with Crippen molar-refractivity contribution in [1.82, 2.24) is 9.88 Å². The third-order valence-corrected chi connectivity index (χ3v) is 3.42. The molecule has 0 atom stereocenters. The minimum atomic E-state index is 0.577. The van der Waals surface area contributed by atoms with E-state index in [4.69, 9.17) is 18.0 Å². The third kappa shape index (κ3) is 3.75. The van der Waals surface area contributed by atoms with Gasteiger partial charge in [0, 0.05) is 25.3 Å². The lowest BCUT2D eigenvalue weighted by molar-refractivity contribution is 0.216. The Balaban J connectivity index is 2.02. The molecule has 0 amide bonds. The number of thiocarbonyl (C=S) groups is 1. The number of rotatable bonds is 5. The Morgan fingerprint density at radius 2 is 2.18 bits per heavy atom. The van der Waals surface area contributed by atoms with Gasteiger partial charge >= 0.3 is 0 Å². The molecule has 3 nitrogen and oxygen atoms in total. The molecule has 92 valence electrons. The van der Waals surface area contributed by atoms with Crippen molar-refractivity contribution in [1.29, 1.82) is 0 Å². The summed E-state index contributed by atoms with van der Waals surface area (Å²) >= 11 is 5.04. The molecule has 1 aromatic rings. The third-order valence-electron chi connectivity index (χ3n) is 3.29. The molecule has 0 aromatic carbocycles. The fourth-order valence-electron chi connectivity index (χ4n) is 2.48. The molecular formula is C13H19N3S. The number of hydrogen-bond acceptors (Lipinski definition) is 3. The van der Waals surface area contributed by atoms with Crippen LogP contribution in [0.25, 0.3) is 0 Å². The predicted molar refractivity (Wildman–Crippen MR) is 73.7 cm³/mol. The molecule has 0 aliphatic heterocycles. The van der Waals surface area contributed by atoms with Gasteiger partial charge in [-0.15, -0.1) is 0 Å². The minimum absolute atomic E-state index is 0.577. The van der Waals surface area contributed by atoms with Crippen LogP contribution in [0.5, 0.6) is 0 Å². The van der Waals surface area contributed by atoms with Crippen LogP contribution in [0.1, 0.15) is 31.4 Å². The maximum Gasteiger partial charge on any atom is 0.0870 e. The fraction of sp³-hybridized carbons (Fsp3) is 0.538. The van der Waals surface area contributed by atoms with E-state index in [1.807, 2.05) is 18.3 Å². The Kier molecular flexibility index (Phi) is 4.45. The summed E-state index contributed by atoms with van der Waals surface area (Å²) in [6, 6.07) is 6.65. The van der Waals surface area contributed by atoms with Gasteiger partial charge in [-0.25, -0.2) is 0 Å². The molecule has 1 fully saturated rings. The molecule has 4 heteroatoms. The van der Waals surface area contributed by atoms with Crippen LogP contribution < -0.4 is 5.73 Å². The molecular weight excluding hydrogens is 230 g/mol. The van der Waals surface area contributed by atoms with Gasteiger partial charge in [0.15, 0.2) is 0 Å². The molecule has 0 saturated heterocycles. The Bertz CT molecular complexity index is 360. The summed E-state index contributed by atoms with van der Waals surface area (Å²) in [5, 5.41) is 0. The minimum Gasteiger partial charge on any atom is -0.392 e. The van der Waals surface area contributed by atoms with E-state index < -0.39 is 0 Å². The van der Waals surface area contributed by atoms with Crippen LogP contribution >= 0.6 is 12.2 Å².